The van der Waals surface area contributed by atoms with Crippen molar-refractivity contribution in [2.75, 3.05) is 0 Å². The van der Waals surface area contributed by atoms with E-state index in [9.17, 15) is 4.79 Å². The maximum absolute atomic E-state index is 12.6. The van der Waals surface area contributed by atoms with Crippen LogP contribution in [-0.4, -0.2) is 17.2 Å². The van der Waals surface area contributed by atoms with Crippen LogP contribution in [0.5, 0.6) is 0 Å². The molecule has 0 aromatic heterocycles. The SMILES string of the molecule is C=C/C(=C\C=C(/C)C1=NOC(CC(=O)NC(C)(C)C)=C(C2=CC=C(CC)C=CC2)C1)CC. The molecule has 0 spiro atoms. The molecule has 0 saturated heterocycles. The Morgan fingerprint density at radius 2 is 2.00 bits per heavy atom. The van der Waals surface area contributed by atoms with Crippen LogP contribution in [0.15, 0.2) is 87.9 Å². The van der Waals surface area contributed by atoms with E-state index in [1.165, 1.54) is 16.7 Å². The first kappa shape index (κ1) is 25.4. The summed E-state index contributed by atoms with van der Waals surface area (Å²) in [5, 5.41) is 7.41. The molecule has 0 saturated carbocycles. The van der Waals surface area contributed by atoms with Crippen molar-refractivity contribution in [2.24, 2.45) is 5.16 Å². The second-order valence-electron chi connectivity index (χ2n) is 9.23. The van der Waals surface area contributed by atoms with Gasteiger partial charge in [-0.2, -0.15) is 0 Å². The van der Waals surface area contributed by atoms with E-state index in [0.29, 0.717) is 12.2 Å². The Labute approximate surface area is 193 Å². The van der Waals surface area contributed by atoms with E-state index in [2.05, 4.69) is 67.4 Å². The van der Waals surface area contributed by atoms with Gasteiger partial charge in [0.1, 0.15) is 5.76 Å². The van der Waals surface area contributed by atoms with Gasteiger partial charge in [-0.1, -0.05) is 68.1 Å². The molecule has 1 aliphatic carbocycles. The first-order chi connectivity index (χ1) is 15.2. The molecule has 0 aromatic carbocycles. The minimum absolute atomic E-state index is 0.0630. The molecule has 1 aliphatic heterocycles. The summed E-state index contributed by atoms with van der Waals surface area (Å²) in [6.45, 7) is 16.1. The van der Waals surface area contributed by atoms with Gasteiger partial charge in [-0.3, -0.25) is 4.79 Å². The summed E-state index contributed by atoms with van der Waals surface area (Å²) in [6, 6.07) is 0. The van der Waals surface area contributed by atoms with Gasteiger partial charge in [-0.05, 0) is 69.2 Å². The van der Waals surface area contributed by atoms with Crippen molar-refractivity contribution in [3.05, 3.63) is 82.7 Å². The lowest BCUT2D eigenvalue weighted by Crippen LogP contribution is -2.40. The molecule has 172 valence electrons. The minimum Gasteiger partial charge on any atom is -0.360 e. The molecule has 1 N–H and O–H groups in total. The maximum Gasteiger partial charge on any atom is 0.228 e. The van der Waals surface area contributed by atoms with E-state index in [1.807, 2.05) is 33.8 Å². The molecular weight excluding hydrogens is 396 g/mol. The van der Waals surface area contributed by atoms with Crippen molar-refractivity contribution in [3.63, 3.8) is 0 Å². The summed E-state index contributed by atoms with van der Waals surface area (Å²) in [4.78, 5) is 18.5. The number of allylic oxidation sites excluding steroid dienone is 12. The molecule has 0 radical (unpaired) electrons. The smallest absolute Gasteiger partial charge is 0.228 e. The summed E-state index contributed by atoms with van der Waals surface area (Å²) in [5.74, 6) is 0.569. The molecule has 1 heterocycles. The molecule has 0 fully saturated rings. The molecule has 4 heteroatoms. The van der Waals surface area contributed by atoms with Crippen molar-refractivity contribution in [1.82, 2.24) is 5.32 Å². The second-order valence-corrected chi connectivity index (χ2v) is 9.23. The van der Waals surface area contributed by atoms with Gasteiger partial charge in [0.15, 0.2) is 0 Å². The second kappa shape index (κ2) is 11.7. The van der Waals surface area contributed by atoms with Crippen LogP contribution >= 0.6 is 0 Å². The number of carbonyl (C=O) groups excluding carboxylic acids is 1. The number of hydrogen-bond donors (Lipinski definition) is 1. The highest BCUT2D eigenvalue weighted by molar-refractivity contribution is 6.02. The van der Waals surface area contributed by atoms with Gasteiger partial charge in [0.2, 0.25) is 5.91 Å². The number of rotatable bonds is 8. The summed E-state index contributed by atoms with van der Waals surface area (Å²) in [5.41, 5.74) is 6.31. The van der Waals surface area contributed by atoms with Crippen molar-refractivity contribution in [2.45, 2.75) is 79.2 Å². The van der Waals surface area contributed by atoms with E-state index in [-0.39, 0.29) is 17.9 Å². The van der Waals surface area contributed by atoms with Gasteiger partial charge in [-0.15, -0.1) is 0 Å². The molecule has 2 rings (SSSR count). The van der Waals surface area contributed by atoms with Crippen LogP contribution in [0.3, 0.4) is 0 Å². The Morgan fingerprint density at radius 3 is 2.62 bits per heavy atom. The molecule has 0 unspecified atom stereocenters. The summed E-state index contributed by atoms with van der Waals surface area (Å²) >= 11 is 0. The fraction of sp³-hybridized carbons (Fsp3) is 0.429. The summed E-state index contributed by atoms with van der Waals surface area (Å²) in [7, 11) is 0. The molecule has 1 amide bonds. The zero-order valence-electron chi connectivity index (χ0n) is 20.5. The molecule has 0 aromatic rings. The third-order valence-corrected chi connectivity index (χ3v) is 5.42. The fourth-order valence-corrected chi connectivity index (χ4v) is 3.50. The van der Waals surface area contributed by atoms with E-state index in [0.717, 1.165) is 36.1 Å². The van der Waals surface area contributed by atoms with E-state index >= 15 is 0 Å². The largest absolute Gasteiger partial charge is 0.360 e. The number of hydrogen-bond acceptors (Lipinski definition) is 3. The van der Waals surface area contributed by atoms with Crippen LogP contribution in [0.1, 0.15) is 73.6 Å². The van der Waals surface area contributed by atoms with E-state index in [1.54, 1.807) is 0 Å². The monoisotopic (exact) mass is 434 g/mol. The molecular formula is C28H38N2O2. The number of nitrogens with one attached hydrogen (secondary N) is 1. The van der Waals surface area contributed by atoms with Crippen molar-refractivity contribution >= 4 is 11.6 Å². The lowest BCUT2D eigenvalue weighted by Gasteiger charge is -2.24. The van der Waals surface area contributed by atoms with Gasteiger partial charge in [-0.25, -0.2) is 0 Å². The van der Waals surface area contributed by atoms with E-state index in [4.69, 9.17) is 4.84 Å². The molecule has 4 nitrogen and oxygen atoms in total. The first-order valence-electron chi connectivity index (χ1n) is 11.5. The highest BCUT2D eigenvalue weighted by Crippen LogP contribution is 2.32. The number of carbonyl (C=O) groups is 1. The first-order valence-corrected chi connectivity index (χ1v) is 11.5. The van der Waals surface area contributed by atoms with Gasteiger partial charge in [0.25, 0.3) is 0 Å². The average molecular weight is 435 g/mol. The van der Waals surface area contributed by atoms with Gasteiger partial charge in [0.05, 0.1) is 12.1 Å². The third kappa shape index (κ3) is 7.67. The zero-order valence-corrected chi connectivity index (χ0v) is 20.5. The van der Waals surface area contributed by atoms with Crippen LogP contribution in [0.2, 0.25) is 0 Å². The highest BCUT2D eigenvalue weighted by Gasteiger charge is 2.25. The lowest BCUT2D eigenvalue weighted by atomic mass is 9.92. The summed E-state index contributed by atoms with van der Waals surface area (Å²) in [6.07, 6.45) is 18.2. The van der Waals surface area contributed by atoms with Crippen LogP contribution in [0, 0.1) is 0 Å². The molecule has 32 heavy (non-hydrogen) atoms. The molecule has 0 atom stereocenters. The Morgan fingerprint density at radius 1 is 1.25 bits per heavy atom. The zero-order chi connectivity index (χ0) is 23.7. The predicted molar refractivity (Wildman–Crippen MR) is 135 cm³/mol. The van der Waals surface area contributed by atoms with Gasteiger partial charge >= 0.3 is 0 Å². The minimum atomic E-state index is -0.294. The Kier molecular flexibility index (Phi) is 9.25. The number of amides is 1. The third-order valence-electron chi connectivity index (χ3n) is 5.42. The number of oxime groups is 1. The topological polar surface area (TPSA) is 50.7 Å². The molecule has 0 bridgehead atoms. The Hall–Kier alpha value is -2.88. The predicted octanol–water partition coefficient (Wildman–Crippen LogP) is 7.01. The Balaban J connectivity index is 2.37. The van der Waals surface area contributed by atoms with E-state index < -0.39 is 0 Å². The van der Waals surface area contributed by atoms with Crippen molar-refractivity contribution in [3.8, 4) is 0 Å². The standard InChI is InChI=1S/C28H38N2O2/c1-8-21(9-2)15-14-20(4)25-18-24(23-13-11-12-22(10-3)16-17-23)26(32-30-25)19-27(31)29-28(5,6)7/h8,11-12,14-17H,1,9-10,13,18-19H2,2-7H3,(H,29,31)/b20-14+,21-15+. The Bertz CT molecular complexity index is 944. The lowest BCUT2D eigenvalue weighted by molar-refractivity contribution is -0.122. The van der Waals surface area contributed by atoms with Crippen LogP contribution < -0.4 is 5.32 Å². The van der Waals surface area contributed by atoms with Crippen molar-refractivity contribution in [1.29, 1.82) is 0 Å². The normalized spacial score (nSPS) is 17.8. The molecule has 2 aliphatic rings. The van der Waals surface area contributed by atoms with Crippen LogP contribution in [-0.2, 0) is 9.63 Å². The van der Waals surface area contributed by atoms with Crippen LogP contribution in [0.25, 0.3) is 0 Å². The summed E-state index contributed by atoms with van der Waals surface area (Å²) < 4.78 is 0. The maximum atomic E-state index is 12.6. The highest BCUT2D eigenvalue weighted by atomic mass is 16.6. The average Bonchev–Trinajstić information content (AvgIpc) is 2.99. The van der Waals surface area contributed by atoms with Gasteiger partial charge < -0.3 is 10.2 Å². The van der Waals surface area contributed by atoms with Crippen molar-refractivity contribution < 1.29 is 9.63 Å². The van der Waals surface area contributed by atoms with Gasteiger partial charge in [0, 0.05) is 17.5 Å². The quantitative estimate of drug-likeness (QED) is 0.418. The van der Waals surface area contributed by atoms with Crippen LogP contribution in [0.4, 0.5) is 0 Å². The fourth-order valence-electron chi connectivity index (χ4n) is 3.50. The number of nitrogens with zero attached hydrogens (tertiary/aromatic N) is 1.